The summed E-state index contributed by atoms with van der Waals surface area (Å²) in [5.41, 5.74) is 2.91. The number of rotatable bonds is 2. The Morgan fingerprint density at radius 2 is 1.54 bits per heavy atom. The minimum absolute atomic E-state index is 0.0589. The number of ether oxygens (including phenoxy) is 2. The second kappa shape index (κ2) is 4.12. The van der Waals surface area contributed by atoms with Crippen molar-refractivity contribution in [2.24, 2.45) is 53.3 Å². The Morgan fingerprint density at radius 3 is 2.04 bits per heavy atom. The van der Waals surface area contributed by atoms with Gasteiger partial charge in [0.15, 0.2) is 0 Å². The maximum Gasteiger partial charge on any atom is 0.318 e. The third-order valence-corrected chi connectivity index (χ3v) is 7.79. The van der Waals surface area contributed by atoms with Gasteiger partial charge in [0.05, 0.1) is 24.4 Å². The van der Waals surface area contributed by atoms with Crippen LogP contribution in [0.3, 0.4) is 0 Å². The normalized spacial score (nSPS) is 52.1. The maximum atomic E-state index is 12.4. The van der Waals surface area contributed by atoms with Crippen LogP contribution < -0.4 is 0 Å². The van der Waals surface area contributed by atoms with Crippen LogP contribution >= 0.6 is 0 Å². The minimum atomic E-state index is -0.345. The maximum absolute atomic E-state index is 12.4. The van der Waals surface area contributed by atoms with E-state index in [1.54, 1.807) is 0 Å². The Balaban J connectivity index is 1.49. The molecule has 0 spiro atoms. The molecule has 24 heavy (non-hydrogen) atoms. The molecular weight excluding hydrogens is 308 g/mol. The van der Waals surface area contributed by atoms with Gasteiger partial charge in [-0.25, -0.2) is 0 Å². The highest BCUT2D eigenvalue weighted by Gasteiger charge is 2.78. The van der Waals surface area contributed by atoms with Crippen molar-refractivity contribution in [3.63, 3.8) is 0 Å². The van der Waals surface area contributed by atoms with Gasteiger partial charge in [0.1, 0.15) is 0 Å². The molecule has 0 aromatic heterocycles. The highest BCUT2D eigenvalue weighted by molar-refractivity contribution is 5.99. The van der Waals surface area contributed by atoms with Crippen LogP contribution in [0.15, 0.2) is 11.1 Å². The summed E-state index contributed by atoms with van der Waals surface area (Å²) in [4.78, 5) is 37.2. The second-order valence-corrected chi connectivity index (χ2v) is 8.39. The molecule has 4 fully saturated rings. The molecular formula is C19H20O5. The lowest BCUT2D eigenvalue weighted by Gasteiger charge is -2.46. The predicted molar refractivity (Wildman–Crippen MR) is 80.0 cm³/mol. The van der Waals surface area contributed by atoms with Gasteiger partial charge in [0.25, 0.3) is 0 Å². The minimum Gasteiger partial charge on any atom is -0.466 e. The molecule has 0 amide bonds. The van der Waals surface area contributed by atoms with E-state index >= 15 is 0 Å². The summed E-state index contributed by atoms with van der Waals surface area (Å²) in [5, 5.41) is 0. The first-order valence-corrected chi connectivity index (χ1v) is 9.29. The lowest BCUT2D eigenvalue weighted by molar-refractivity contribution is -0.154. The molecule has 7 rings (SSSR count). The molecule has 5 nitrogen and oxygen atoms in total. The van der Waals surface area contributed by atoms with Gasteiger partial charge in [-0.1, -0.05) is 11.1 Å². The van der Waals surface area contributed by atoms with Gasteiger partial charge in [0.2, 0.25) is 0 Å². The molecule has 9 atom stereocenters. The molecule has 6 aliphatic carbocycles. The molecule has 0 aromatic rings. The van der Waals surface area contributed by atoms with Gasteiger partial charge >= 0.3 is 17.9 Å². The van der Waals surface area contributed by atoms with Crippen LogP contribution in [0, 0.1) is 53.3 Å². The standard InChI is InChI=1S/C19H20O5/c1-2-23-17(20)14-12-10-8-6-3-4-7(5-6)9(8)11(13(12)14)16-15(10)18(21)24-19(16)22/h6-7,10-16H,2-5H2,1H3/t6-,7+,10+,11-,12-,13+,14?,15+,16-. The van der Waals surface area contributed by atoms with Gasteiger partial charge < -0.3 is 9.47 Å². The molecule has 1 unspecified atom stereocenters. The first kappa shape index (κ1) is 13.6. The van der Waals surface area contributed by atoms with Gasteiger partial charge in [-0.3, -0.25) is 14.4 Å². The van der Waals surface area contributed by atoms with Crippen molar-refractivity contribution in [1.82, 2.24) is 0 Å². The number of cyclic esters (lactones) is 2. The molecule has 7 aliphatic rings. The Hall–Kier alpha value is -1.65. The highest BCUT2D eigenvalue weighted by Crippen LogP contribution is 2.77. The summed E-state index contributed by atoms with van der Waals surface area (Å²) in [6.45, 7) is 2.21. The number of esters is 3. The fraction of sp³-hybridized carbons (Fsp3) is 0.737. The van der Waals surface area contributed by atoms with Crippen LogP contribution in [-0.4, -0.2) is 24.5 Å². The molecule has 1 aliphatic heterocycles. The molecule has 5 heteroatoms. The fourth-order valence-corrected chi connectivity index (χ4v) is 7.33. The zero-order valence-corrected chi connectivity index (χ0v) is 13.6. The molecule has 0 aromatic carbocycles. The molecule has 0 radical (unpaired) electrons. The van der Waals surface area contributed by atoms with Crippen LogP contribution in [0.25, 0.3) is 0 Å². The Morgan fingerprint density at radius 1 is 1.00 bits per heavy atom. The summed E-state index contributed by atoms with van der Waals surface area (Å²) < 4.78 is 10.3. The highest BCUT2D eigenvalue weighted by atomic mass is 16.6. The number of allylic oxidation sites excluding steroid dienone is 2. The van der Waals surface area contributed by atoms with Crippen LogP contribution in [0.2, 0.25) is 0 Å². The number of carbonyl (C=O) groups is 3. The van der Waals surface area contributed by atoms with E-state index in [2.05, 4.69) is 0 Å². The van der Waals surface area contributed by atoms with Crippen LogP contribution in [0.1, 0.15) is 26.2 Å². The zero-order chi connectivity index (χ0) is 16.3. The van der Waals surface area contributed by atoms with E-state index in [0.717, 1.165) is 0 Å². The number of hydrogen-bond acceptors (Lipinski definition) is 5. The Labute approximate surface area is 139 Å². The van der Waals surface area contributed by atoms with Crippen LogP contribution in [0.5, 0.6) is 0 Å². The molecule has 0 N–H and O–H groups in total. The smallest absolute Gasteiger partial charge is 0.318 e. The average Bonchev–Trinajstić information content (AvgIpc) is 2.84. The van der Waals surface area contributed by atoms with Gasteiger partial charge in [-0.05, 0) is 61.7 Å². The molecule has 1 heterocycles. The van der Waals surface area contributed by atoms with Crippen LogP contribution in [-0.2, 0) is 23.9 Å². The SMILES string of the molecule is CCOC(=O)C1[C@@H]2[C@@H]3C4=C([C@H]5CC[C@@H]4C5)[C@@H]([C@H]4C(=O)OC(=O)[C@H]43)[C@H]12. The van der Waals surface area contributed by atoms with E-state index in [1.807, 2.05) is 6.92 Å². The van der Waals surface area contributed by atoms with Crippen molar-refractivity contribution in [3.8, 4) is 0 Å². The van der Waals surface area contributed by atoms with E-state index in [1.165, 1.54) is 30.4 Å². The third kappa shape index (κ3) is 1.31. The number of fused-ring (bicyclic) bond motifs is 2. The monoisotopic (exact) mass is 328 g/mol. The van der Waals surface area contributed by atoms with Gasteiger partial charge in [0, 0.05) is 0 Å². The van der Waals surface area contributed by atoms with Crippen molar-refractivity contribution in [2.75, 3.05) is 6.61 Å². The first-order chi connectivity index (χ1) is 11.6. The van der Waals surface area contributed by atoms with Gasteiger partial charge in [-0.15, -0.1) is 0 Å². The van der Waals surface area contributed by atoms with E-state index < -0.39 is 0 Å². The largest absolute Gasteiger partial charge is 0.466 e. The van der Waals surface area contributed by atoms with E-state index in [9.17, 15) is 14.4 Å². The zero-order valence-electron chi connectivity index (χ0n) is 13.6. The third-order valence-electron chi connectivity index (χ3n) is 7.79. The van der Waals surface area contributed by atoms with Crippen LogP contribution in [0.4, 0.5) is 0 Å². The summed E-state index contributed by atoms with van der Waals surface area (Å²) in [7, 11) is 0. The molecule has 1 saturated heterocycles. The summed E-state index contributed by atoms with van der Waals surface area (Å²) in [5.74, 6) is 0.0729. The van der Waals surface area contributed by atoms with Crippen molar-refractivity contribution >= 4 is 17.9 Å². The van der Waals surface area contributed by atoms with Crippen molar-refractivity contribution in [3.05, 3.63) is 11.1 Å². The molecule has 3 saturated carbocycles. The molecule has 126 valence electrons. The predicted octanol–water partition coefficient (Wildman–Crippen LogP) is 1.71. The van der Waals surface area contributed by atoms with E-state index in [4.69, 9.17) is 9.47 Å². The Bertz CT molecular complexity index is 686. The van der Waals surface area contributed by atoms with Crippen molar-refractivity contribution < 1.29 is 23.9 Å². The lowest BCUT2D eigenvalue weighted by Crippen LogP contribution is -2.46. The van der Waals surface area contributed by atoms with Crippen molar-refractivity contribution in [2.45, 2.75) is 26.2 Å². The lowest BCUT2D eigenvalue weighted by atomic mass is 9.54. The second-order valence-electron chi connectivity index (χ2n) is 8.39. The average molecular weight is 328 g/mol. The number of carbonyl (C=O) groups excluding carboxylic acids is 3. The summed E-state index contributed by atoms with van der Waals surface area (Å²) in [6, 6.07) is 0. The van der Waals surface area contributed by atoms with Gasteiger partial charge in [-0.2, -0.15) is 0 Å². The summed E-state index contributed by atoms with van der Waals surface area (Å²) >= 11 is 0. The van der Waals surface area contributed by atoms with E-state index in [0.29, 0.717) is 18.4 Å². The topological polar surface area (TPSA) is 69.7 Å². The number of hydrogen-bond donors (Lipinski definition) is 0. The van der Waals surface area contributed by atoms with E-state index in [-0.39, 0.29) is 59.3 Å². The summed E-state index contributed by atoms with van der Waals surface area (Å²) in [6.07, 6.45) is 3.60. The molecule has 4 bridgehead atoms. The quantitative estimate of drug-likeness (QED) is 0.438. The fourth-order valence-electron chi connectivity index (χ4n) is 7.33. The first-order valence-electron chi connectivity index (χ1n) is 9.29. The Kier molecular flexibility index (Phi) is 2.34. The van der Waals surface area contributed by atoms with Crippen molar-refractivity contribution in [1.29, 1.82) is 0 Å².